The summed E-state index contributed by atoms with van der Waals surface area (Å²) in [4.78, 5) is 10.9. The number of carboxylic acids is 1. The molecule has 3 nitrogen and oxygen atoms in total. The molecule has 0 atom stereocenters. The number of halogens is 2. The second kappa shape index (κ2) is 6.86. The van der Waals surface area contributed by atoms with Crippen molar-refractivity contribution >= 4 is 37.8 Å². The Morgan fingerprint density at radius 3 is 2.58 bits per heavy atom. The molecule has 1 saturated carbocycles. The van der Waals surface area contributed by atoms with E-state index in [1.807, 2.05) is 12.1 Å². The van der Waals surface area contributed by atoms with Crippen LogP contribution < -0.4 is 5.32 Å². The van der Waals surface area contributed by atoms with Crippen LogP contribution >= 0.6 is 31.9 Å². The van der Waals surface area contributed by atoms with Crippen molar-refractivity contribution in [3.05, 3.63) is 32.7 Å². The van der Waals surface area contributed by atoms with Gasteiger partial charge in [0.1, 0.15) is 0 Å². The summed E-state index contributed by atoms with van der Waals surface area (Å²) in [6, 6.07) is 6.56. The summed E-state index contributed by atoms with van der Waals surface area (Å²) in [5.74, 6) is -0.788. The number of hydrogen-bond acceptors (Lipinski definition) is 2. The third-order valence-electron chi connectivity index (χ3n) is 3.67. The van der Waals surface area contributed by atoms with E-state index in [0.717, 1.165) is 41.2 Å². The zero-order chi connectivity index (χ0) is 13.8. The van der Waals surface area contributed by atoms with Crippen LogP contribution in [0.15, 0.2) is 27.1 Å². The normalized spacial score (nSPS) is 23.3. The summed E-state index contributed by atoms with van der Waals surface area (Å²) in [5, 5.41) is 12.5. The van der Waals surface area contributed by atoms with Gasteiger partial charge in [0.2, 0.25) is 0 Å². The zero-order valence-electron chi connectivity index (χ0n) is 10.5. The van der Waals surface area contributed by atoms with Gasteiger partial charge in [-0.3, -0.25) is 4.79 Å². The first kappa shape index (κ1) is 15.0. The number of carbonyl (C=O) groups is 1. The molecular weight excluding hydrogens is 374 g/mol. The van der Waals surface area contributed by atoms with Crippen LogP contribution in [0.25, 0.3) is 0 Å². The fourth-order valence-electron chi connectivity index (χ4n) is 2.48. The molecule has 1 aliphatic rings. The highest BCUT2D eigenvalue weighted by molar-refractivity contribution is 9.11. The lowest BCUT2D eigenvalue weighted by Crippen LogP contribution is -2.34. The molecule has 0 bridgehead atoms. The quantitative estimate of drug-likeness (QED) is 0.818. The van der Waals surface area contributed by atoms with Crippen LogP contribution in [0.4, 0.5) is 0 Å². The monoisotopic (exact) mass is 389 g/mol. The summed E-state index contributed by atoms with van der Waals surface area (Å²) in [5.41, 5.74) is 1.22. The highest BCUT2D eigenvalue weighted by atomic mass is 79.9. The fraction of sp³-hybridized carbons (Fsp3) is 0.500. The molecule has 0 aromatic heterocycles. The van der Waals surface area contributed by atoms with E-state index in [2.05, 4.69) is 43.2 Å². The van der Waals surface area contributed by atoms with Crippen LogP contribution in [-0.2, 0) is 11.3 Å². The Balaban J connectivity index is 1.83. The molecule has 0 radical (unpaired) electrons. The fourth-order valence-corrected chi connectivity index (χ4v) is 3.27. The van der Waals surface area contributed by atoms with Gasteiger partial charge in [0, 0.05) is 21.5 Å². The second-order valence-electron chi connectivity index (χ2n) is 5.00. The van der Waals surface area contributed by atoms with E-state index < -0.39 is 5.97 Å². The molecule has 5 heteroatoms. The first-order chi connectivity index (χ1) is 9.06. The minimum Gasteiger partial charge on any atom is -0.481 e. The minimum absolute atomic E-state index is 0.143. The van der Waals surface area contributed by atoms with Gasteiger partial charge in [-0.15, -0.1) is 0 Å². The maximum absolute atomic E-state index is 10.9. The van der Waals surface area contributed by atoms with Crippen LogP contribution in [0.3, 0.4) is 0 Å². The molecule has 1 aliphatic carbocycles. The van der Waals surface area contributed by atoms with E-state index in [1.165, 1.54) is 5.56 Å². The van der Waals surface area contributed by atoms with Gasteiger partial charge in [0.15, 0.2) is 0 Å². The Morgan fingerprint density at radius 1 is 1.26 bits per heavy atom. The van der Waals surface area contributed by atoms with E-state index in [0.29, 0.717) is 6.04 Å². The number of rotatable bonds is 4. The van der Waals surface area contributed by atoms with Crippen molar-refractivity contribution in [1.82, 2.24) is 5.32 Å². The zero-order valence-corrected chi connectivity index (χ0v) is 13.7. The topological polar surface area (TPSA) is 49.3 Å². The van der Waals surface area contributed by atoms with Crippen LogP contribution in [0.1, 0.15) is 31.2 Å². The summed E-state index contributed by atoms with van der Waals surface area (Å²) in [6.45, 7) is 0.808. The first-order valence-corrected chi connectivity index (χ1v) is 8.05. The van der Waals surface area contributed by atoms with Gasteiger partial charge in [-0.2, -0.15) is 0 Å². The maximum Gasteiger partial charge on any atom is 0.306 e. The Hall–Kier alpha value is -0.390. The van der Waals surface area contributed by atoms with E-state index in [1.54, 1.807) is 0 Å². The maximum atomic E-state index is 10.9. The lowest BCUT2D eigenvalue weighted by Gasteiger charge is -2.27. The lowest BCUT2D eigenvalue weighted by molar-refractivity contribution is -0.142. The molecule has 1 fully saturated rings. The van der Waals surface area contributed by atoms with Gasteiger partial charge < -0.3 is 10.4 Å². The lowest BCUT2D eigenvalue weighted by atomic mass is 9.86. The summed E-state index contributed by atoms with van der Waals surface area (Å²) in [6.07, 6.45) is 3.46. The molecule has 1 aromatic rings. The van der Waals surface area contributed by atoms with Gasteiger partial charge in [0.25, 0.3) is 0 Å². The summed E-state index contributed by atoms with van der Waals surface area (Å²) >= 11 is 7.02. The predicted molar refractivity (Wildman–Crippen MR) is 82.1 cm³/mol. The van der Waals surface area contributed by atoms with Crippen LogP contribution in [-0.4, -0.2) is 17.1 Å². The summed E-state index contributed by atoms with van der Waals surface area (Å²) < 4.78 is 2.17. The van der Waals surface area contributed by atoms with Crippen molar-refractivity contribution in [2.24, 2.45) is 5.92 Å². The molecular formula is C14H17Br2NO2. The second-order valence-corrected chi connectivity index (χ2v) is 6.77. The Morgan fingerprint density at radius 2 is 1.95 bits per heavy atom. The molecule has 0 aliphatic heterocycles. The van der Waals surface area contributed by atoms with Gasteiger partial charge in [0.05, 0.1) is 5.92 Å². The van der Waals surface area contributed by atoms with Gasteiger partial charge in [-0.05, 0) is 49.4 Å². The highest BCUT2D eigenvalue weighted by Gasteiger charge is 2.25. The largest absolute Gasteiger partial charge is 0.481 e. The van der Waals surface area contributed by atoms with E-state index >= 15 is 0 Å². The van der Waals surface area contributed by atoms with Crippen molar-refractivity contribution in [3.8, 4) is 0 Å². The van der Waals surface area contributed by atoms with E-state index in [4.69, 9.17) is 5.11 Å². The molecule has 0 unspecified atom stereocenters. The predicted octanol–water partition coefficient (Wildman–Crippen LogP) is 3.94. The number of hydrogen-bond donors (Lipinski definition) is 2. The molecule has 2 rings (SSSR count). The smallest absolute Gasteiger partial charge is 0.306 e. The third kappa shape index (κ3) is 4.29. The van der Waals surface area contributed by atoms with E-state index in [-0.39, 0.29) is 5.92 Å². The molecule has 0 heterocycles. The standard InChI is InChI=1S/C14H17Br2NO2/c15-11-3-6-13(16)10(7-11)8-17-12-4-1-9(2-5-12)14(18)19/h3,6-7,9,12,17H,1-2,4-5,8H2,(H,18,19). The van der Waals surface area contributed by atoms with Crippen molar-refractivity contribution in [2.75, 3.05) is 0 Å². The minimum atomic E-state index is -0.645. The Bertz CT molecular complexity index is 457. The molecule has 0 saturated heterocycles. The average Bonchev–Trinajstić information content (AvgIpc) is 2.40. The van der Waals surface area contributed by atoms with Gasteiger partial charge >= 0.3 is 5.97 Å². The van der Waals surface area contributed by atoms with Crippen molar-refractivity contribution in [1.29, 1.82) is 0 Å². The van der Waals surface area contributed by atoms with Crippen molar-refractivity contribution in [2.45, 2.75) is 38.3 Å². The molecule has 104 valence electrons. The molecule has 19 heavy (non-hydrogen) atoms. The molecule has 1 aromatic carbocycles. The SMILES string of the molecule is O=C(O)C1CCC(NCc2cc(Br)ccc2Br)CC1. The van der Waals surface area contributed by atoms with E-state index in [9.17, 15) is 4.79 Å². The number of aliphatic carboxylic acids is 1. The first-order valence-electron chi connectivity index (χ1n) is 6.46. The van der Waals surface area contributed by atoms with Crippen molar-refractivity contribution in [3.63, 3.8) is 0 Å². The third-order valence-corrected chi connectivity index (χ3v) is 4.93. The van der Waals surface area contributed by atoms with Gasteiger partial charge in [-0.25, -0.2) is 0 Å². The highest BCUT2D eigenvalue weighted by Crippen LogP contribution is 2.26. The Labute approximate surface area is 130 Å². The van der Waals surface area contributed by atoms with Crippen LogP contribution in [0.2, 0.25) is 0 Å². The molecule has 2 N–H and O–H groups in total. The van der Waals surface area contributed by atoms with Crippen LogP contribution in [0, 0.1) is 5.92 Å². The number of nitrogens with one attached hydrogen (secondary N) is 1. The Kier molecular flexibility index (Phi) is 5.42. The van der Waals surface area contributed by atoms with Gasteiger partial charge in [-0.1, -0.05) is 31.9 Å². The average molecular weight is 391 g/mol. The number of carboxylic acid groups (broad SMARTS) is 1. The van der Waals surface area contributed by atoms with Crippen LogP contribution in [0.5, 0.6) is 0 Å². The molecule has 0 amide bonds. The number of benzene rings is 1. The van der Waals surface area contributed by atoms with Crippen molar-refractivity contribution < 1.29 is 9.90 Å². The molecule has 0 spiro atoms. The summed E-state index contributed by atoms with van der Waals surface area (Å²) in [7, 11) is 0.